The van der Waals surface area contributed by atoms with E-state index in [2.05, 4.69) is 5.32 Å². The fourth-order valence-corrected chi connectivity index (χ4v) is 3.62. The molecule has 0 bridgehead atoms. The number of halogens is 2. The molecule has 104 valence electrons. The summed E-state index contributed by atoms with van der Waals surface area (Å²) in [7, 11) is -3.97. The molecule has 1 fully saturated rings. The molecule has 1 saturated heterocycles. The zero-order valence-electron chi connectivity index (χ0n) is 9.69. The quantitative estimate of drug-likeness (QED) is 0.762. The van der Waals surface area contributed by atoms with Crippen LogP contribution in [0, 0.1) is 5.82 Å². The lowest BCUT2D eigenvalue weighted by Crippen LogP contribution is -2.49. The number of nitrogens with zero attached hydrogens (tertiary/aromatic N) is 1. The second-order valence-corrected chi connectivity index (χ2v) is 6.31. The number of benzene rings is 1. The first-order chi connectivity index (χ1) is 8.82. The molecule has 0 radical (unpaired) electrons. The number of nitrogens with two attached hydrogens (primary N) is 1. The second-order valence-electron chi connectivity index (χ2n) is 3.99. The number of hydrogen-bond donors (Lipinski definition) is 2. The highest BCUT2D eigenvalue weighted by molar-refractivity contribution is 7.89. The Morgan fingerprint density at radius 3 is 2.74 bits per heavy atom. The molecule has 0 spiro atoms. The third kappa shape index (κ3) is 2.65. The van der Waals surface area contributed by atoms with E-state index in [1.165, 1.54) is 0 Å². The fraction of sp³-hybridized carbons (Fsp3) is 0.300. The molecule has 0 aliphatic carbocycles. The van der Waals surface area contributed by atoms with Crippen LogP contribution in [0.15, 0.2) is 17.0 Å². The van der Waals surface area contributed by atoms with E-state index in [1.54, 1.807) is 0 Å². The largest absolute Gasteiger partial charge is 0.396 e. The molecule has 6 nitrogen and oxygen atoms in total. The third-order valence-electron chi connectivity index (χ3n) is 2.67. The van der Waals surface area contributed by atoms with E-state index in [9.17, 15) is 17.6 Å². The van der Waals surface area contributed by atoms with Gasteiger partial charge in [0, 0.05) is 13.1 Å². The Labute approximate surface area is 114 Å². The lowest BCUT2D eigenvalue weighted by atomic mass is 10.3. The van der Waals surface area contributed by atoms with Gasteiger partial charge in [-0.25, -0.2) is 12.8 Å². The highest BCUT2D eigenvalue weighted by atomic mass is 35.5. The molecule has 1 heterocycles. The van der Waals surface area contributed by atoms with Gasteiger partial charge < -0.3 is 11.1 Å². The molecular formula is C10H11ClFN3O3S. The molecular weight excluding hydrogens is 297 g/mol. The van der Waals surface area contributed by atoms with Crippen molar-refractivity contribution in [2.24, 2.45) is 0 Å². The van der Waals surface area contributed by atoms with Crippen molar-refractivity contribution in [1.29, 1.82) is 0 Å². The number of sulfonamides is 1. The number of anilines is 1. The summed E-state index contributed by atoms with van der Waals surface area (Å²) in [6, 6.07) is 1.80. The number of piperazine rings is 1. The summed E-state index contributed by atoms with van der Waals surface area (Å²) in [5.74, 6) is -1.19. The Bertz CT molecular complexity index is 635. The van der Waals surface area contributed by atoms with Gasteiger partial charge in [0.25, 0.3) is 0 Å². The Hall–Kier alpha value is -1.38. The van der Waals surface area contributed by atoms with Gasteiger partial charge in [0.05, 0.1) is 17.3 Å². The first-order valence-corrected chi connectivity index (χ1v) is 7.15. The van der Waals surface area contributed by atoms with Crippen LogP contribution in [-0.2, 0) is 14.8 Å². The zero-order chi connectivity index (χ0) is 14.2. The van der Waals surface area contributed by atoms with E-state index < -0.39 is 21.7 Å². The summed E-state index contributed by atoms with van der Waals surface area (Å²) in [5, 5.41) is 2.24. The van der Waals surface area contributed by atoms with Gasteiger partial charge in [0.15, 0.2) is 0 Å². The molecule has 1 aromatic carbocycles. The SMILES string of the molecule is Nc1cc(S(=O)(=O)N2CCNC(=O)C2)c(Cl)cc1F. The van der Waals surface area contributed by atoms with Gasteiger partial charge in [-0.15, -0.1) is 0 Å². The van der Waals surface area contributed by atoms with Crippen molar-refractivity contribution in [3.05, 3.63) is 23.0 Å². The molecule has 1 amide bonds. The van der Waals surface area contributed by atoms with E-state index in [1.807, 2.05) is 0 Å². The van der Waals surface area contributed by atoms with Crippen LogP contribution in [-0.4, -0.2) is 38.3 Å². The van der Waals surface area contributed by atoms with Crippen molar-refractivity contribution >= 4 is 33.2 Å². The maximum Gasteiger partial charge on any atom is 0.245 e. The number of nitrogen functional groups attached to an aromatic ring is 1. The number of rotatable bonds is 2. The molecule has 0 aromatic heterocycles. The van der Waals surface area contributed by atoms with E-state index in [0.717, 1.165) is 16.4 Å². The fourth-order valence-electron chi connectivity index (χ4n) is 1.70. The zero-order valence-corrected chi connectivity index (χ0v) is 11.3. The predicted octanol–water partition coefficient (Wildman–Crippen LogP) is 0.182. The predicted molar refractivity (Wildman–Crippen MR) is 67.6 cm³/mol. The number of hydrogen-bond acceptors (Lipinski definition) is 4. The van der Waals surface area contributed by atoms with Crippen LogP contribution in [0.2, 0.25) is 5.02 Å². The van der Waals surface area contributed by atoms with Crippen molar-refractivity contribution in [2.45, 2.75) is 4.90 Å². The summed E-state index contributed by atoms with van der Waals surface area (Å²) < 4.78 is 38.7. The Morgan fingerprint density at radius 1 is 1.42 bits per heavy atom. The van der Waals surface area contributed by atoms with Crippen LogP contribution < -0.4 is 11.1 Å². The van der Waals surface area contributed by atoms with Gasteiger partial charge in [0.1, 0.15) is 10.7 Å². The smallest absolute Gasteiger partial charge is 0.245 e. The molecule has 1 aliphatic heterocycles. The van der Waals surface area contributed by atoms with E-state index in [0.29, 0.717) is 0 Å². The molecule has 0 saturated carbocycles. The summed E-state index contributed by atoms with van der Waals surface area (Å²) in [6.07, 6.45) is 0. The average molecular weight is 308 g/mol. The third-order valence-corrected chi connectivity index (χ3v) is 4.98. The van der Waals surface area contributed by atoms with Gasteiger partial charge in [0.2, 0.25) is 15.9 Å². The van der Waals surface area contributed by atoms with Gasteiger partial charge in [-0.2, -0.15) is 4.31 Å². The summed E-state index contributed by atoms with van der Waals surface area (Å²) in [4.78, 5) is 10.9. The molecule has 0 unspecified atom stereocenters. The van der Waals surface area contributed by atoms with Crippen LogP contribution in [0.5, 0.6) is 0 Å². The minimum atomic E-state index is -3.97. The second kappa shape index (κ2) is 4.95. The number of carbonyl (C=O) groups is 1. The van der Waals surface area contributed by atoms with Gasteiger partial charge in [-0.05, 0) is 12.1 Å². The first kappa shape index (κ1) is 14.0. The molecule has 1 aromatic rings. The van der Waals surface area contributed by atoms with E-state index in [-0.39, 0.29) is 35.2 Å². The monoisotopic (exact) mass is 307 g/mol. The maximum absolute atomic E-state index is 13.2. The lowest BCUT2D eigenvalue weighted by Gasteiger charge is -2.26. The van der Waals surface area contributed by atoms with Crippen molar-refractivity contribution in [3.63, 3.8) is 0 Å². The van der Waals surface area contributed by atoms with Crippen LogP contribution >= 0.6 is 11.6 Å². The molecule has 19 heavy (non-hydrogen) atoms. The van der Waals surface area contributed by atoms with Crippen LogP contribution in [0.25, 0.3) is 0 Å². The van der Waals surface area contributed by atoms with E-state index in [4.69, 9.17) is 17.3 Å². The Balaban J connectivity index is 2.44. The molecule has 2 rings (SSSR count). The number of carbonyl (C=O) groups excluding carboxylic acids is 1. The van der Waals surface area contributed by atoms with Crippen molar-refractivity contribution in [3.8, 4) is 0 Å². The number of nitrogens with one attached hydrogen (secondary N) is 1. The normalized spacial score (nSPS) is 17.3. The highest BCUT2D eigenvalue weighted by Crippen LogP contribution is 2.28. The van der Waals surface area contributed by atoms with Gasteiger partial charge in [-0.3, -0.25) is 4.79 Å². The van der Waals surface area contributed by atoms with Crippen LogP contribution in [0.3, 0.4) is 0 Å². The Kier molecular flexibility index (Phi) is 3.66. The maximum atomic E-state index is 13.2. The molecule has 3 N–H and O–H groups in total. The topological polar surface area (TPSA) is 92.5 Å². The molecule has 9 heteroatoms. The summed E-state index contributed by atoms with van der Waals surface area (Å²) in [5.41, 5.74) is 5.03. The van der Waals surface area contributed by atoms with Crippen molar-refractivity contribution in [2.75, 3.05) is 25.4 Å². The van der Waals surface area contributed by atoms with Crippen molar-refractivity contribution in [1.82, 2.24) is 9.62 Å². The lowest BCUT2D eigenvalue weighted by molar-refractivity contribution is -0.122. The van der Waals surface area contributed by atoms with Gasteiger partial charge in [-0.1, -0.05) is 11.6 Å². The van der Waals surface area contributed by atoms with Crippen molar-refractivity contribution < 1.29 is 17.6 Å². The Morgan fingerprint density at radius 2 is 2.11 bits per heavy atom. The summed E-state index contributed by atoms with van der Waals surface area (Å²) in [6.45, 7) is 0.0456. The van der Waals surface area contributed by atoms with Gasteiger partial charge >= 0.3 is 0 Å². The first-order valence-electron chi connectivity index (χ1n) is 5.34. The minimum absolute atomic E-state index is 0.127. The van der Waals surface area contributed by atoms with E-state index >= 15 is 0 Å². The van der Waals surface area contributed by atoms with Crippen LogP contribution in [0.1, 0.15) is 0 Å². The highest BCUT2D eigenvalue weighted by Gasteiger charge is 2.31. The minimum Gasteiger partial charge on any atom is -0.396 e. The standard InChI is InChI=1S/C10H11ClFN3O3S/c11-6-3-7(12)8(13)4-9(6)19(17,18)15-2-1-14-10(16)5-15/h3-4H,1-2,5,13H2,(H,14,16). The molecule has 0 atom stereocenters. The summed E-state index contributed by atoms with van der Waals surface area (Å²) >= 11 is 5.74. The number of amides is 1. The molecule has 1 aliphatic rings. The average Bonchev–Trinajstić information content (AvgIpc) is 2.33. The van der Waals surface area contributed by atoms with Crippen LogP contribution in [0.4, 0.5) is 10.1 Å².